The van der Waals surface area contributed by atoms with E-state index < -0.39 is 16.0 Å². The lowest BCUT2D eigenvalue weighted by atomic mass is 10.2. The van der Waals surface area contributed by atoms with Crippen molar-refractivity contribution in [1.29, 1.82) is 0 Å². The Morgan fingerprint density at radius 1 is 1.00 bits per heavy atom. The number of carbonyl (C=O) groups excluding carboxylic acids is 2. The molecular weight excluding hydrogens is 394 g/mol. The first-order valence-corrected chi connectivity index (χ1v) is 10.6. The van der Waals surface area contributed by atoms with E-state index in [1.165, 1.54) is 23.5 Å². The van der Waals surface area contributed by atoms with Crippen molar-refractivity contribution in [3.05, 3.63) is 54.1 Å². The molecule has 0 atom stereocenters. The Morgan fingerprint density at radius 3 is 2.21 bits per heavy atom. The van der Waals surface area contributed by atoms with Crippen LogP contribution in [0.4, 0.5) is 11.4 Å². The van der Waals surface area contributed by atoms with Crippen molar-refractivity contribution in [2.45, 2.75) is 18.7 Å². The van der Waals surface area contributed by atoms with Crippen LogP contribution in [-0.4, -0.2) is 51.3 Å². The minimum Gasteiger partial charge on any atom is -0.465 e. The maximum atomic E-state index is 12.5. The number of methoxy groups -OCH3 is 1. The molecule has 0 aromatic heterocycles. The number of nitrogens with one attached hydrogen (secondary N) is 2. The highest BCUT2D eigenvalue weighted by Crippen LogP contribution is 2.19. The molecule has 0 saturated carbocycles. The topological polar surface area (TPSA) is 105 Å². The Labute approximate surface area is 170 Å². The number of ether oxygens (including phenoxy) is 1. The number of benzene rings is 2. The molecule has 0 aliphatic rings. The quantitative estimate of drug-likeness (QED) is 0.605. The van der Waals surface area contributed by atoms with Gasteiger partial charge >= 0.3 is 5.97 Å². The molecule has 29 heavy (non-hydrogen) atoms. The largest absolute Gasteiger partial charge is 0.465 e. The van der Waals surface area contributed by atoms with Gasteiger partial charge in [-0.1, -0.05) is 26.0 Å². The van der Waals surface area contributed by atoms with Gasteiger partial charge in [0, 0.05) is 18.8 Å². The summed E-state index contributed by atoms with van der Waals surface area (Å²) in [4.78, 5) is 24.2. The number of sulfonamides is 1. The number of hydrogen-bond acceptors (Lipinski definition) is 6. The van der Waals surface area contributed by atoms with Crippen molar-refractivity contribution in [1.82, 2.24) is 4.31 Å². The Hall–Kier alpha value is -2.91. The van der Waals surface area contributed by atoms with E-state index in [9.17, 15) is 18.0 Å². The number of amides is 1. The fourth-order valence-corrected chi connectivity index (χ4v) is 4.17. The average Bonchev–Trinajstić information content (AvgIpc) is 2.73. The Morgan fingerprint density at radius 2 is 1.62 bits per heavy atom. The Balaban J connectivity index is 2.01. The maximum absolute atomic E-state index is 12.5. The first kappa shape index (κ1) is 22.4. The highest BCUT2D eigenvalue weighted by molar-refractivity contribution is 7.89. The van der Waals surface area contributed by atoms with Crippen LogP contribution in [0.2, 0.25) is 0 Å². The number of rotatable bonds is 9. The number of para-hydroxylation sites is 1. The van der Waals surface area contributed by atoms with Gasteiger partial charge in [0.15, 0.2) is 0 Å². The van der Waals surface area contributed by atoms with Gasteiger partial charge in [-0.25, -0.2) is 13.2 Å². The summed E-state index contributed by atoms with van der Waals surface area (Å²) in [5.74, 6) is -0.903. The zero-order valence-electron chi connectivity index (χ0n) is 16.6. The number of hydrogen-bond donors (Lipinski definition) is 2. The number of esters is 1. The van der Waals surface area contributed by atoms with Crippen LogP contribution < -0.4 is 10.6 Å². The van der Waals surface area contributed by atoms with Gasteiger partial charge < -0.3 is 15.4 Å². The number of nitrogens with zero attached hydrogens (tertiary/aromatic N) is 1. The van der Waals surface area contributed by atoms with Crippen molar-refractivity contribution < 1.29 is 22.7 Å². The number of carbonyl (C=O) groups is 2. The number of anilines is 2. The Bertz CT molecular complexity index is 954. The standard InChI is InChI=1S/C20H25N3O5S/c1-4-23(5-2)29(26,27)16-12-10-15(11-13-16)21-14-19(24)22-18-9-7-6-8-17(18)20(25)28-3/h6-13,21H,4-5,14H2,1-3H3,(H,22,24). The van der Waals surface area contributed by atoms with Crippen molar-refractivity contribution in [2.75, 3.05) is 37.4 Å². The minimum atomic E-state index is -3.52. The summed E-state index contributed by atoms with van der Waals surface area (Å²) in [6.45, 7) is 4.30. The van der Waals surface area contributed by atoms with Crippen molar-refractivity contribution in [3.8, 4) is 0 Å². The van der Waals surface area contributed by atoms with E-state index in [1.807, 2.05) is 0 Å². The summed E-state index contributed by atoms with van der Waals surface area (Å²) in [5, 5.41) is 5.58. The van der Waals surface area contributed by atoms with E-state index in [2.05, 4.69) is 10.6 Å². The molecule has 9 heteroatoms. The predicted octanol–water partition coefficient (Wildman–Crippen LogP) is 2.55. The van der Waals surface area contributed by atoms with E-state index in [0.717, 1.165) is 0 Å². The zero-order chi connectivity index (χ0) is 21.4. The van der Waals surface area contributed by atoms with Gasteiger partial charge in [-0.15, -0.1) is 0 Å². The molecule has 1 amide bonds. The van der Waals surface area contributed by atoms with E-state index >= 15 is 0 Å². The minimum absolute atomic E-state index is 0.0579. The van der Waals surface area contributed by atoms with Crippen LogP contribution in [0, 0.1) is 0 Å². The average molecular weight is 420 g/mol. The van der Waals surface area contributed by atoms with E-state index in [4.69, 9.17) is 4.74 Å². The molecular formula is C20H25N3O5S. The molecule has 0 aliphatic heterocycles. The van der Waals surface area contributed by atoms with Gasteiger partial charge in [-0.2, -0.15) is 4.31 Å². The monoisotopic (exact) mass is 419 g/mol. The predicted molar refractivity (Wildman–Crippen MR) is 111 cm³/mol. The Kier molecular flexibility index (Phi) is 7.74. The molecule has 0 fully saturated rings. The summed E-state index contributed by atoms with van der Waals surface area (Å²) >= 11 is 0. The second kappa shape index (κ2) is 10.0. The van der Waals surface area contributed by atoms with Gasteiger partial charge in [0.1, 0.15) is 0 Å². The molecule has 0 radical (unpaired) electrons. The normalized spacial score (nSPS) is 11.2. The van der Waals surface area contributed by atoms with Gasteiger partial charge in [0.25, 0.3) is 0 Å². The van der Waals surface area contributed by atoms with Crippen molar-refractivity contribution in [2.24, 2.45) is 0 Å². The maximum Gasteiger partial charge on any atom is 0.339 e. The molecule has 156 valence electrons. The third-order valence-corrected chi connectivity index (χ3v) is 6.32. The van der Waals surface area contributed by atoms with Gasteiger partial charge in [0.05, 0.1) is 29.8 Å². The lowest BCUT2D eigenvalue weighted by Crippen LogP contribution is -2.30. The van der Waals surface area contributed by atoms with Gasteiger partial charge in [-0.05, 0) is 36.4 Å². The van der Waals surface area contributed by atoms with Gasteiger partial charge in [0.2, 0.25) is 15.9 Å². The van der Waals surface area contributed by atoms with Crippen LogP contribution in [0.25, 0.3) is 0 Å². The molecule has 0 spiro atoms. The summed E-state index contributed by atoms with van der Waals surface area (Å²) in [5.41, 5.74) is 1.21. The lowest BCUT2D eigenvalue weighted by molar-refractivity contribution is -0.114. The molecule has 2 rings (SSSR count). The van der Waals surface area contributed by atoms with Crippen LogP contribution in [0.1, 0.15) is 24.2 Å². The molecule has 0 unspecified atom stereocenters. The van der Waals surface area contributed by atoms with E-state index in [0.29, 0.717) is 24.5 Å². The summed E-state index contributed by atoms with van der Waals surface area (Å²) in [7, 11) is -2.25. The molecule has 0 bridgehead atoms. The SMILES string of the molecule is CCN(CC)S(=O)(=O)c1ccc(NCC(=O)Nc2ccccc2C(=O)OC)cc1. The molecule has 2 aromatic carbocycles. The van der Waals surface area contributed by atoms with Crippen molar-refractivity contribution >= 4 is 33.3 Å². The van der Waals surface area contributed by atoms with Crippen LogP contribution in [-0.2, 0) is 19.6 Å². The molecule has 0 saturated heterocycles. The highest BCUT2D eigenvalue weighted by Gasteiger charge is 2.21. The third-order valence-electron chi connectivity index (χ3n) is 4.26. The second-order valence-corrected chi connectivity index (χ2v) is 7.99. The fraction of sp³-hybridized carbons (Fsp3) is 0.300. The molecule has 2 N–H and O–H groups in total. The fourth-order valence-electron chi connectivity index (χ4n) is 2.71. The molecule has 2 aromatic rings. The van der Waals surface area contributed by atoms with E-state index in [-0.39, 0.29) is 22.9 Å². The highest BCUT2D eigenvalue weighted by atomic mass is 32.2. The van der Waals surface area contributed by atoms with Gasteiger partial charge in [-0.3, -0.25) is 4.79 Å². The molecule has 0 aliphatic carbocycles. The van der Waals surface area contributed by atoms with Crippen LogP contribution in [0.3, 0.4) is 0 Å². The molecule has 8 nitrogen and oxygen atoms in total. The van der Waals surface area contributed by atoms with Crippen LogP contribution >= 0.6 is 0 Å². The lowest BCUT2D eigenvalue weighted by Gasteiger charge is -2.18. The van der Waals surface area contributed by atoms with Crippen LogP contribution in [0.5, 0.6) is 0 Å². The van der Waals surface area contributed by atoms with Crippen LogP contribution in [0.15, 0.2) is 53.4 Å². The summed E-state index contributed by atoms with van der Waals surface area (Å²) in [6, 6.07) is 12.7. The zero-order valence-corrected chi connectivity index (χ0v) is 17.5. The van der Waals surface area contributed by atoms with Crippen molar-refractivity contribution in [3.63, 3.8) is 0 Å². The first-order chi connectivity index (χ1) is 13.8. The summed E-state index contributed by atoms with van der Waals surface area (Å²) in [6.07, 6.45) is 0. The first-order valence-electron chi connectivity index (χ1n) is 9.14. The smallest absolute Gasteiger partial charge is 0.339 e. The molecule has 0 heterocycles. The summed E-state index contributed by atoms with van der Waals surface area (Å²) < 4.78 is 31.1. The third kappa shape index (κ3) is 5.55. The van der Waals surface area contributed by atoms with E-state index in [1.54, 1.807) is 50.2 Å². The second-order valence-electron chi connectivity index (χ2n) is 6.05.